The van der Waals surface area contributed by atoms with Crippen LogP contribution >= 0.6 is 0 Å². The van der Waals surface area contributed by atoms with E-state index in [9.17, 15) is 61.3 Å². The van der Waals surface area contributed by atoms with E-state index in [0.29, 0.717) is 43.4 Å². The SMILES string of the molecule is COC1(CC[C@@H](C)COC2OC(CO)C(O)C(O)C2O)O[C@H]2C[C@H]3[C@@H]4CC=C5C[C@@H](OC6OC(CO)C(OC7OC(C)C(O)C(O)C7O)C(O)C6OC6OC(C)C(O)C(O)C6O)CC[C@]5(C)[C@H]4CC[C@]3(C)[C@H]2[C@@H]1C. The molecule has 5 aliphatic heterocycles. The lowest BCUT2D eigenvalue weighted by Crippen LogP contribution is -2.66. The summed E-state index contributed by atoms with van der Waals surface area (Å²) in [5.41, 5.74) is 1.19. The average molecular weight is 1060 g/mol. The van der Waals surface area contributed by atoms with Gasteiger partial charge in [0.1, 0.15) is 85.5 Å². The highest BCUT2D eigenvalue weighted by atomic mass is 16.8. The zero-order valence-corrected chi connectivity index (χ0v) is 43.7. The van der Waals surface area contributed by atoms with E-state index in [0.717, 1.165) is 32.1 Å². The zero-order valence-electron chi connectivity index (χ0n) is 43.7. The first-order valence-corrected chi connectivity index (χ1v) is 27.2. The van der Waals surface area contributed by atoms with Gasteiger partial charge < -0.3 is 109 Å². The second-order valence-corrected chi connectivity index (χ2v) is 24.0. The van der Waals surface area contributed by atoms with Gasteiger partial charge in [0.2, 0.25) is 0 Å². The molecule has 0 amide bonds. The highest BCUT2D eigenvalue weighted by Gasteiger charge is 2.68. The molecular weight excluding hydrogens is 977 g/mol. The smallest absolute Gasteiger partial charge is 0.187 e. The topological polar surface area (TPSA) is 335 Å². The van der Waals surface area contributed by atoms with Crippen LogP contribution in [0.4, 0.5) is 0 Å². The van der Waals surface area contributed by atoms with Crippen LogP contribution in [0.25, 0.3) is 0 Å². The number of hydrogen-bond donors (Lipinski definition) is 12. The largest absolute Gasteiger partial charge is 0.394 e. The third-order valence-electron chi connectivity index (χ3n) is 19.8. The van der Waals surface area contributed by atoms with Crippen LogP contribution < -0.4 is 0 Å². The second kappa shape index (κ2) is 22.4. The first kappa shape index (κ1) is 57.5. The molecule has 0 aromatic heterocycles. The van der Waals surface area contributed by atoms with Crippen LogP contribution in [0.2, 0.25) is 0 Å². The van der Waals surface area contributed by atoms with Crippen molar-refractivity contribution in [1.29, 1.82) is 0 Å². The highest BCUT2D eigenvalue weighted by Crippen LogP contribution is 2.70. The van der Waals surface area contributed by atoms with Crippen molar-refractivity contribution in [2.45, 2.75) is 240 Å². The van der Waals surface area contributed by atoms with Gasteiger partial charge in [-0.05, 0) is 106 Å². The van der Waals surface area contributed by atoms with Gasteiger partial charge in [0.15, 0.2) is 30.9 Å². The fourth-order valence-corrected chi connectivity index (χ4v) is 15.3. The minimum Gasteiger partial charge on any atom is -0.394 e. The Morgan fingerprint density at radius 1 is 0.649 bits per heavy atom. The maximum atomic E-state index is 12.1. The summed E-state index contributed by atoms with van der Waals surface area (Å²) in [7, 11) is 1.72. The minimum absolute atomic E-state index is 0.00465. The molecule has 0 bridgehead atoms. The van der Waals surface area contributed by atoms with Gasteiger partial charge in [-0.1, -0.05) is 39.3 Å². The van der Waals surface area contributed by atoms with Gasteiger partial charge in [-0.15, -0.1) is 0 Å². The fourth-order valence-electron chi connectivity index (χ4n) is 15.3. The molecular formula is C52H86O22. The predicted octanol–water partition coefficient (Wildman–Crippen LogP) is -1.33. The van der Waals surface area contributed by atoms with Crippen LogP contribution in [0.15, 0.2) is 11.6 Å². The minimum atomic E-state index is -1.74. The molecule has 3 saturated carbocycles. The molecule has 22 heteroatoms. The van der Waals surface area contributed by atoms with Gasteiger partial charge in [0.25, 0.3) is 0 Å². The Morgan fingerprint density at radius 3 is 1.86 bits per heavy atom. The van der Waals surface area contributed by atoms with Crippen molar-refractivity contribution in [2.75, 3.05) is 26.9 Å². The second-order valence-electron chi connectivity index (χ2n) is 24.0. The number of hydrogen-bond acceptors (Lipinski definition) is 22. The van der Waals surface area contributed by atoms with E-state index < -0.39 is 148 Å². The lowest BCUT2D eigenvalue weighted by atomic mass is 9.47. The molecule has 74 heavy (non-hydrogen) atoms. The predicted molar refractivity (Wildman–Crippen MR) is 254 cm³/mol. The number of allylic oxidation sites excluding steroid dienone is 1. The quantitative estimate of drug-likeness (QED) is 0.0846. The van der Waals surface area contributed by atoms with E-state index >= 15 is 0 Å². The summed E-state index contributed by atoms with van der Waals surface area (Å²) in [6.07, 6.45) is -19.4. The number of rotatable bonds is 15. The van der Waals surface area contributed by atoms with Crippen molar-refractivity contribution in [3.05, 3.63) is 11.6 Å². The Morgan fingerprint density at radius 2 is 1.24 bits per heavy atom. The van der Waals surface area contributed by atoms with E-state index in [4.69, 9.17) is 47.4 Å². The van der Waals surface area contributed by atoms with Crippen molar-refractivity contribution >= 4 is 0 Å². The Bertz CT molecular complexity index is 1920. The fraction of sp³-hybridized carbons (Fsp3) is 0.962. The number of fused-ring (bicyclic) bond motifs is 7. The van der Waals surface area contributed by atoms with Gasteiger partial charge in [0, 0.05) is 19.4 Å². The number of aliphatic hydroxyl groups excluding tert-OH is 12. The molecule has 0 spiro atoms. The third kappa shape index (κ3) is 10.1. The summed E-state index contributed by atoms with van der Waals surface area (Å²) < 4.78 is 61.5. The Kier molecular flexibility index (Phi) is 17.4. The molecule has 0 aromatic rings. The van der Waals surface area contributed by atoms with E-state index in [-0.39, 0.29) is 41.3 Å². The molecule has 0 radical (unpaired) electrons. The summed E-state index contributed by atoms with van der Waals surface area (Å²) in [6, 6.07) is 0. The standard InChI is InChI=1S/C52H86O22/c1-21(20-66-46-40(61)39(60)36(57)31(18-53)70-46)10-15-52(65-7)22(2)33-30(74-52)17-29-27-9-8-25-16-26(11-13-50(25,5)28(27)12-14-51(29,33)6)69-49-45(73-48-42(63)38(59)35(56)24(4)68-48)43(64)44(32(19-54)71-49)72-47-41(62)37(58)34(55)23(3)67-47/h8,21-24,26-49,53-64H,9-20H2,1-7H3/t21-,22+,23?,24?,26+,27-,28+,29+,30+,31?,32?,33+,34?,35?,36?,37?,38?,39?,40?,41?,42?,43?,44?,45?,46?,47?,48?,49?,50+,51+,52?/m1/s1. The van der Waals surface area contributed by atoms with Crippen molar-refractivity contribution < 1.29 is 109 Å². The Labute approximate surface area is 432 Å². The lowest BCUT2D eigenvalue weighted by Gasteiger charge is -2.58. The summed E-state index contributed by atoms with van der Waals surface area (Å²) in [6.45, 7) is 11.1. The maximum absolute atomic E-state index is 12.1. The van der Waals surface area contributed by atoms with Crippen molar-refractivity contribution in [3.8, 4) is 0 Å². The molecule has 31 atom stereocenters. The number of ether oxygens (including phenoxy) is 10. The first-order chi connectivity index (χ1) is 35.0. The molecule has 5 saturated heterocycles. The van der Waals surface area contributed by atoms with Crippen LogP contribution in [0, 0.1) is 46.3 Å². The van der Waals surface area contributed by atoms with Crippen LogP contribution in [-0.4, -0.2) is 229 Å². The summed E-state index contributed by atoms with van der Waals surface area (Å²) in [5, 5.41) is 127. The van der Waals surface area contributed by atoms with E-state index in [1.165, 1.54) is 19.4 Å². The molecule has 12 N–H and O–H groups in total. The molecule has 8 fully saturated rings. The van der Waals surface area contributed by atoms with Crippen molar-refractivity contribution in [2.24, 2.45) is 46.3 Å². The maximum Gasteiger partial charge on any atom is 0.187 e. The van der Waals surface area contributed by atoms with E-state index in [1.54, 1.807) is 7.11 Å². The van der Waals surface area contributed by atoms with Crippen molar-refractivity contribution in [3.63, 3.8) is 0 Å². The molecule has 4 aliphatic carbocycles. The van der Waals surface area contributed by atoms with Gasteiger partial charge in [0.05, 0.1) is 44.2 Å². The molecule has 21 unspecified atom stereocenters. The highest BCUT2D eigenvalue weighted by molar-refractivity contribution is 5.26. The monoisotopic (exact) mass is 1060 g/mol. The molecule has 9 aliphatic rings. The molecule has 0 aromatic carbocycles. The van der Waals surface area contributed by atoms with Crippen LogP contribution in [-0.2, 0) is 47.4 Å². The number of methoxy groups -OCH3 is 1. The summed E-state index contributed by atoms with van der Waals surface area (Å²) >= 11 is 0. The molecule has 426 valence electrons. The van der Waals surface area contributed by atoms with Crippen LogP contribution in [0.1, 0.15) is 99.3 Å². The van der Waals surface area contributed by atoms with Gasteiger partial charge in [-0.2, -0.15) is 0 Å². The Balaban J connectivity index is 0.854. The normalized spacial score (nSPS) is 54.9. The van der Waals surface area contributed by atoms with Crippen LogP contribution in [0.5, 0.6) is 0 Å². The van der Waals surface area contributed by atoms with E-state index in [2.05, 4.69) is 26.8 Å². The lowest BCUT2D eigenvalue weighted by molar-refractivity contribution is -0.388. The number of aliphatic hydroxyl groups is 12. The Hall–Kier alpha value is -1.14. The zero-order chi connectivity index (χ0) is 53.5. The first-order valence-electron chi connectivity index (χ1n) is 27.2. The molecule has 5 heterocycles. The summed E-state index contributed by atoms with van der Waals surface area (Å²) in [4.78, 5) is 0. The van der Waals surface area contributed by atoms with Gasteiger partial charge in [-0.3, -0.25) is 0 Å². The average Bonchev–Trinajstić information content (AvgIpc) is 3.84. The molecule has 22 nitrogen and oxygen atoms in total. The van der Waals surface area contributed by atoms with E-state index in [1.807, 2.05) is 6.92 Å². The molecule has 9 rings (SSSR count). The van der Waals surface area contributed by atoms with Gasteiger partial charge in [-0.25, -0.2) is 0 Å². The summed E-state index contributed by atoms with van der Waals surface area (Å²) in [5.74, 6) is 0.884. The van der Waals surface area contributed by atoms with Gasteiger partial charge >= 0.3 is 0 Å². The van der Waals surface area contributed by atoms with Crippen LogP contribution in [0.3, 0.4) is 0 Å². The van der Waals surface area contributed by atoms with Crippen molar-refractivity contribution in [1.82, 2.24) is 0 Å². The third-order valence-corrected chi connectivity index (χ3v) is 19.8.